The fourth-order valence-electron chi connectivity index (χ4n) is 1.86. The Bertz CT molecular complexity index is 458. The van der Waals surface area contributed by atoms with E-state index in [0.29, 0.717) is 24.1 Å². The number of benzene rings is 1. The standard InChI is InChI=1S/C14H20N2O3/c1-16(11-4-5-11)14(17)9-19-12-6-3-10(8-15)7-13(12)18-2/h3,6-7,11H,4-5,8-9,15H2,1-2H3. The Labute approximate surface area is 113 Å². The Morgan fingerprint density at radius 3 is 2.74 bits per heavy atom. The molecule has 1 aliphatic rings. The van der Waals surface area contributed by atoms with Gasteiger partial charge in [0, 0.05) is 19.6 Å². The maximum atomic E-state index is 11.9. The Morgan fingerprint density at radius 2 is 2.16 bits per heavy atom. The molecular formula is C14H20N2O3. The van der Waals surface area contributed by atoms with Crippen LogP contribution in [0.4, 0.5) is 0 Å². The molecule has 0 radical (unpaired) electrons. The summed E-state index contributed by atoms with van der Waals surface area (Å²) in [6.45, 7) is 0.478. The lowest BCUT2D eigenvalue weighted by Crippen LogP contribution is -2.33. The van der Waals surface area contributed by atoms with Crippen LogP contribution in [0, 0.1) is 0 Å². The second-order valence-electron chi connectivity index (χ2n) is 4.71. The lowest BCUT2D eigenvalue weighted by atomic mass is 10.2. The molecule has 2 N–H and O–H groups in total. The highest BCUT2D eigenvalue weighted by Crippen LogP contribution is 2.29. The summed E-state index contributed by atoms with van der Waals surface area (Å²) in [4.78, 5) is 13.6. The normalized spacial score (nSPS) is 14.1. The summed E-state index contributed by atoms with van der Waals surface area (Å²) in [5, 5.41) is 0. The fraction of sp³-hybridized carbons (Fsp3) is 0.500. The fourth-order valence-corrected chi connectivity index (χ4v) is 1.86. The molecule has 0 unspecified atom stereocenters. The van der Waals surface area contributed by atoms with E-state index in [-0.39, 0.29) is 12.5 Å². The number of hydrogen-bond acceptors (Lipinski definition) is 4. The van der Waals surface area contributed by atoms with Crippen LogP contribution >= 0.6 is 0 Å². The zero-order chi connectivity index (χ0) is 13.8. The summed E-state index contributed by atoms with van der Waals surface area (Å²) in [5.74, 6) is 1.16. The van der Waals surface area contributed by atoms with Crippen molar-refractivity contribution in [3.05, 3.63) is 23.8 Å². The van der Waals surface area contributed by atoms with E-state index in [2.05, 4.69) is 0 Å². The molecule has 5 nitrogen and oxygen atoms in total. The molecular weight excluding hydrogens is 244 g/mol. The average Bonchev–Trinajstić information content (AvgIpc) is 3.28. The summed E-state index contributed by atoms with van der Waals surface area (Å²) < 4.78 is 10.8. The van der Waals surface area contributed by atoms with Gasteiger partial charge in [-0.1, -0.05) is 6.07 Å². The predicted octanol–water partition coefficient (Wildman–Crippen LogP) is 1.15. The second kappa shape index (κ2) is 5.93. The van der Waals surface area contributed by atoms with Gasteiger partial charge >= 0.3 is 0 Å². The third-order valence-corrected chi connectivity index (χ3v) is 3.30. The Hall–Kier alpha value is -1.75. The number of amides is 1. The molecule has 0 aromatic heterocycles. The number of carbonyl (C=O) groups excluding carboxylic acids is 1. The lowest BCUT2D eigenvalue weighted by Gasteiger charge is -2.17. The van der Waals surface area contributed by atoms with Gasteiger partial charge in [-0.2, -0.15) is 0 Å². The topological polar surface area (TPSA) is 64.8 Å². The first-order valence-electron chi connectivity index (χ1n) is 6.41. The van der Waals surface area contributed by atoms with Crippen LogP contribution in [0.25, 0.3) is 0 Å². The van der Waals surface area contributed by atoms with Crippen LogP contribution in [0.1, 0.15) is 18.4 Å². The molecule has 2 rings (SSSR count). The van der Waals surface area contributed by atoms with Gasteiger partial charge in [-0.05, 0) is 30.5 Å². The van der Waals surface area contributed by atoms with E-state index >= 15 is 0 Å². The van der Waals surface area contributed by atoms with Gasteiger partial charge in [0.1, 0.15) is 0 Å². The van der Waals surface area contributed by atoms with Crippen molar-refractivity contribution in [1.82, 2.24) is 4.90 Å². The van der Waals surface area contributed by atoms with E-state index in [1.807, 2.05) is 19.2 Å². The predicted molar refractivity (Wildman–Crippen MR) is 72.2 cm³/mol. The third-order valence-electron chi connectivity index (χ3n) is 3.30. The molecule has 0 atom stereocenters. The van der Waals surface area contributed by atoms with E-state index in [0.717, 1.165) is 18.4 Å². The van der Waals surface area contributed by atoms with Crippen molar-refractivity contribution < 1.29 is 14.3 Å². The maximum Gasteiger partial charge on any atom is 0.260 e. The smallest absolute Gasteiger partial charge is 0.260 e. The van der Waals surface area contributed by atoms with Crippen LogP contribution in [0.2, 0.25) is 0 Å². The van der Waals surface area contributed by atoms with E-state index in [1.165, 1.54) is 0 Å². The zero-order valence-electron chi connectivity index (χ0n) is 11.4. The number of methoxy groups -OCH3 is 1. The average molecular weight is 264 g/mol. The number of nitrogens with two attached hydrogens (primary N) is 1. The molecule has 0 spiro atoms. The first-order valence-corrected chi connectivity index (χ1v) is 6.41. The Kier molecular flexibility index (Phi) is 4.27. The molecule has 1 aromatic rings. The number of nitrogens with zero attached hydrogens (tertiary/aromatic N) is 1. The summed E-state index contributed by atoms with van der Waals surface area (Å²) in [6, 6.07) is 5.88. The molecule has 1 saturated carbocycles. The second-order valence-corrected chi connectivity index (χ2v) is 4.71. The molecule has 0 aliphatic heterocycles. The van der Waals surface area contributed by atoms with Gasteiger partial charge in [-0.15, -0.1) is 0 Å². The van der Waals surface area contributed by atoms with Crippen molar-refractivity contribution in [3.63, 3.8) is 0 Å². The molecule has 1 aliphatic carbocycles. The summed E-state index contributed by atoms with van der Waals surface area (Å²) >= 11 is 0. The largest absolute Gasteiger partial charge is 0.493 e. The molecule has 1 fully saturated rings. The van der Waals surface area contributed by atoms with Crippen molar-refractivity contribution in [2.24, 2.45) is 5.73 Å². The molecule has 0 bridgehead atoms. The highest BCUT2D eigenvalue weighted by Gasteiger charge is 2.29. The van der Waals surface area contributed by atoms with Gasteiger partial charge < -0.3 is 20.1 Å². The number of carbonyl (C=O) groups is 1. The number of ether oxygens (including phenoxy) is 2. The molecule has 0 heterocycles. The molecule has 0 saturated heterocycles. The molecule has 19 heavy (non-hydrogen) atoms. The Morgan fingerprint density at radius 1 is 1.42 bits per heavy atom. The Balaban J connectivity index is 1.96. The molecule has 5 heteroatoms. The van der Waals surface area contributed by atoms with Crippen molar-refractivity contribution in [1.29, 1.82) is 0 Å². The van der Waals surface area contributed by atoms with Gasteiger partial charge in [0.15, 0.2) is 18.1 Å². The van der Waals surface area contributed by atoms with Gasteiger partial charge in [-0.25, -0.2) is 0 Å². The highest BCUT2D eigenvalue weighted by molar-refractivity contribution is 5.78. The number of hydrogen-bond donors (Lipinski definition) is 1. The van der Waals surface area contributed by atoms with E-state index in [1.54, 1.807) is 18.1 Å². The highest BCUT2D eigenvalue weighted by atomic mass is 16.5. The van der Waals surface area contributed by atoms with E-state index in [9.17, 15) is 4.79 Å². The zero-order valence-corrected chi connectivity index (χ0v) is 11.4. The van der Waals surface area contributed by atoms with Crippen molar-refractivity contribution in [2.45, 2.75) is 25.4 Å². The van der Waals surface area contributed by atoms with Crippen LogP contribution in [0.5, 0.6) is 11.5 Å². The van der Waals surface area contributed by atoms with Crippen molar-refractivity contribution in [2.75, 3.05) is 20.8 Å². The summed E-state index contributed by atoms with van der Waals surface area (Å²) in [6.07, 6.45) is 2.19. The van der Waals surface area contributed by atoms with Gasteiger partial charge in [0.05, 0.1) is 7.11 Å². The van der Waals surface area contributed by atoms with Crippen molar-refractivity contribution in [3.8, 4) is 11.5 Å². The SMILES string of the molecule is COc1cc(CN)ccc1OCC(=O)N(C)C1CC1. The quantitative estimate of drug-likeness (QED) is 0.837. The van der Waals surface area contributed by atoms with Crippen molar-refractivity contribution >= 4 is 5.91 Å². The monoisotopic (exact) mass is 264 g/mol. The first kappa shape index (κ1) is 13.7. The summed E-state index contributed by atoms with van der Waals surface area (Å²) in [7, 11) is 3.39. The third kappa shape index (κ3) is 3.38. The van der Waals surface area contributed by atoms with Crippen LogP contribution < -0.4 is 15.2 Å². The molecule has 1 amide bonds. The summed E-state index contributed by atoms with van der Waals surface area (Å²) in [5.41, 5.74) is 6.53. The van der Waals surface area contributed by atoms with Gasteiger partial charge in [-0.3, -0.25) is 4.79 Å². The molecule has 1 aromatic carbocycles. The lowest BCUT2D eigenvalue weighted by molar-refractivity contribution is -0.132. The maximum absolute atomic E-state index is 11.9. The number of likely N-dealkylation sites (N-methyl/N-ethyl adjacent to an activating group) is 1. The van der Waals surface area contributed by atoms with Gasteiger partial charge in [0.25, 0.3) is 5.91 Å². The van der Waals surface area contributed by atoms with Gasteiger partial charge in [0.2, 0.25) is 0 Å². The number of rotatable bonds is 6. The minimum Gasteiger partial charge on any atom is -0.493 e. The first-order chi connectivity index (χ1) is 9.15. The van der Waals surface area contributed by atoms with E-state index in [4.69, 9.17) is 15.2 Å². The van der Waals surface area contributed by atoms with Crippen LogP contribution in [0.3, 0.4) is 0 Å². The minimum atomic E-state index is -0.00699. The molecule has 104 valence electrons. The van der Waals surface area contributed by atoms with Crippen LogP contribution in [-0.2, 0) is 11.3 Å². The van der Waals surface area contributed by atoms with Crippen LogP contribution in [-0.4, -0.2) is 37.6 Å². The minimum absolute atomic E-state index is 0.00699. The van der Waals surface area contributed by atoms with Crippen LogP contribution in [0.15, 0.2) is 18.2 Å². The van der Waals surface area contributed by atoms with E-state index < -0.39 is 0 Å².